The fourth-order valence-electron chi connectivity index (χ4n) is 1.08. The van der Waals surface area contributed by atoms with Crippen molar-refractivity contribution in [2.24, 2.45) is 0 Å². The summed E-state index contributed by atoms with van der Waals surface area (Å²) in [6.45, 7) is 4.04. The number of rotatable bonds is 5. The van der Waals surface area contributed by atoms with Gasteiger partial charge in [0.2, 0.25) is 0 Å². The smallest absolute Gasteiger partial charge is 0.272 e. The number of halogens is 3. The highest BCUT2D eigenvalue weighted by molar-refractivity contribution is 6.76. The van der Waals surface area contributed by atoms with Crippen molar-refractivity contribution < 1.29 is 4.79 Å². The Bertz CT molecular complexity index is 179. The molecule has 0 aromatic heterocycles. The summed E-state index contributed by atoms with van der Waals surface area (Å²) in [6, 6.07) is 0.0599. The molecule has 0 saturated heterocycles. The number of carbonyl (C=O) groups is 1. The number of alkyl halides is 3. The van der Waals surface area contributed by atoms with Crippen LogP contribution in [0, 0.1) is 0 Å². The topological polar surface area (TPSA) is 29.1 Å². The van der Waals surface area contributed by atoms with Crippen molar-refractivity contribution in [1.82, 2.24) is 5.32 Å². The summed E-state index contributed by atoms with van der Waals surface area (Å²) in [5.41, 5.74) is 0. The van der Waals surface area contributed by atoms with Gasteiger partial charge in [-0.15, -0.1) is 0 Å². The third-order valence-electron chi connectivity index (χ3n) is 1.88. The first-order valence-electron chi connectivity index (χ1n) is 4.75. The second-order valence-corrected chi connectivity index (χ2v) is 5.65. The monoisotopic (exact) mass is 259 g/mol. The summed E-state index contributed by atoms with van der Waals surface area (Å²) in [5, 5.41) is 2.64. The maximum absolute atomic E-state index is 11.2. The van der Waals surface area contributed by atoms with Crippen LogP contribution in [-0.4, -0.2) is 15.7 Å². The van der Waals surface area contributed by atoms with Gasteiger partial charge in [0.25, 0.3) is 9.70 Å². The third-order valence-corrected chi connectivity index (χ3v) is 2.39. The molecule has 0 rings (SSSR count). The molecule has 0 bridgehead atoms. The van der Waals surface area contributed by atoms with E-state index in [2.05, 4.69) is 12.2 Å². The van der Waals surface area contributed by atoms with Crippen LogP contribution in [0.15, 0.2) is 0 Å². The molecule has 0 aliphatic rings. The maximum atomic E-state index is 11.2. The lowest BCUT2D eigenvalue weighted by atomic mass is 10.1. The van der Waals surface area contributed by atoms with Crippen molar-refractivity contribution in [3.05, 3.63) is 0 Å². The zero-order valence-corrected chi connectivity index (χ0v) is 10.7. The van der Waals surface area contributed by atoms with E-state index in [-0.39, 0.29) is 6.04 Å². The van der Waals surface area contributed by atoms with Gasteiger partial charge in [-0.1, -0.05) is 61.0 Å². The van der Waals surface area contributed by atoms with E-state index in [4.69, 9.17) is 34.8 Å². The lowest BCUT2D eigenvalue weighted by Gasteiger charge is -2.17. The van der Waals surface area contributed by atoms with Gasteiger partial charge in [0.05, 0.1) is 0 Å². The van der Waals surface area contributed by atoms with Crippen LogP contribution in [0.3, 0.4) is 0 Å². The average molecular weight is 261 g/mol. The Balaban J connectivity index is 3.72. The first kappa shape index (κ1) is 14.3. The molecule has 1 N–H and O–H groups in total. The van der Waals surface area contributed by atoms with E-state index in [1.54, 1.807) is 0 Å². The molecular weight excluding hydrogens is 244 g/mol. The molecule has 5 heteroatoms. The Hall–Kier alpha value is 0.340. The minimum Gasteiger partial charge on any atom is -0.350 e. The van der Waals surface area contributed by atoms with Crippen molar-refractivity contribution in [1.29, 1.82) is 0 Å². The predicted octanol–water partition coefficient (Wildman–Crippen LogP) is 3.44. The summed E-state index contributed by atoms with van der Waals surface area (Å²) >= 11 is 16.2. The van der Waals surface area contributed by atoms with E-state index in [9.17, 15) is 4.79 Å². The molecule has 1 amide bonds. The number of hydrogen-bond acceptors (Lipinski definition) is 1. The van der Waals surface area contributed by atoms with Crippen molar-refractivity contribution >= 4 is 40.7 Å². The van der Waals surface area contributed by atoms with E-state index in [1.807, 2.05) is 6.92 Å². The molecule has 0 spiro atoms. The lowest BCUT2D eigenvalue weighted by Crippen LogP contribution is -2.40. The van der Waals surface area contributed by atoms with Crippen LogP contribution in [0.4, 0.5) is 0 Å². The molecule has 0 aromatic rings. The fourth-order valence-corrected chi connectivity index (χ4v) is 1.24. The van der Waals surface area contributed by atoms with E-state index in [0.29, 0.717) is 0 Å². The molecule has 2 nitrogen and oxygen atoms in total. The number of unbranched alkanes of at least 4 members (excludes halogenated alkanes) is 2. The summed E-state index contributed by atoms with van der Waals surface area (Å²) in [6.07, 6.45) is 4.32. The summed E-state index contributed by atoms with van der Waals surface area (Å²) in [7, 11) is 0. The number of nitrogens with one attached hydrogen (secondary N) is 1. The van der Waals surface area contributed by atoms with Gasteiger partial charge in [0, 0.05) is 6.04 Å². The van der Waals surface area contributed by atoms with Crippen LogP contribution >= 0.6 is 34.8 Å². The van der Waals surface area contributed by atoms with Gasteiger partial charge in [0.1, 0.15) is 0 Å². The highest BCUT2D eigenvalue weighted by Gasteiger charge is 2.31. The van der Waals surface area contributed by atoms with Crippen LogP contribution < -0.4 is 5.32 Å². The van der Waals surface area contributed by atoms with E-state index >= 15 is 0 Å². The van der Waals surface area contributed by atoms with Crippen molar-refractivity contribution in [3.63, 3.8) is 0 Å². The molecule has 84 valence electrons. The minimum atomic E-state index is -1.85. The van der Waals surface area contributed by atoms with Gasteiger partial charge in [0.15, 0.2) is 0 Å². The molecule has 0 aliphatic carbocycles. The minimum absolute atomic E-state index is 0.0599. The molecule has 1 atom stereocenters. The Labute approximate surface area is 100 Å². The van der Waals surface area contributed by atoms with Gasteiger partial charge in [-0.05, 0) is 13.3 Å². The van der Waals surface area contributed by atoms with Crippen LogP contribution in [-0.2, 0) is 4.79 Å². The lowest BCUT2D eigenvalue weighted by molar-refractivity contribution is -0.120. The van der Waals surface area contributed by atoms with Crippen molar-refractivity contribution in [2.45, 2.75) is 49.4 Å². The highest BCUT2D eigenvalue weighted by atomic mass is 35.6. The Morgan fingerprint density at radius 1 is 1.36 bits per heavy atom. The second kappa shape index (κ2) is 6.76. The largest absolute Gasteiger partial charge is 0.350 e. The Kier molecular flexibility index (Phi) is 6.92. The third kappa shape index (κ3) is 6.74. The van der Waals surface area contributed by atoms with Crippen LogP contribution in [0.1, 0.15) is 39.5 Å². The summed E-state index contributed by atoms with van der Waals surface area (Å²) < 4.78 is -1.85. The molecule has 0 fully saturated rings. The first-order chi connectivity index (χ1) is 6.38. The second-order valence-electron chi connectivity index (χ2n) is 3.37. The quantitative estimate of drug-likeness (QED) is 0.595. The molecular formula is C9H16Cl3NO. The van der Waals surface area contributed by atoms with E-state index in [1.165, 1.54) is 0 Å². The van der Waals surface area contributed by atoms with Gasteiger partial charge in [-0.25, -0.2) is 0 Å². The summed E-state index contributed by atoms with van der Waals surface area (Å²) in [5.74, 6) is -0.550. The molecule has 0 aromatic carbocycles. The summed E-state index contributed by atoms with van der Waals surface area (Å²) in [4.78, 5) is 11.2. The highest BCUT2D eigenvalue weighted by Crippen LogP contribution is 2.26. The van der Waals surface area contributed by atoms with Crippen LogP contribution in [0.5, 0.6) is 0 Å². The standard InChI is InChI=1S/C9H16Cl3NO/c1-3-4-5-6-7(2)13-8(14)9(10,11)12/h7H,3-6H2,1-2H3,(H,13,14). The van der Waals surface area contributed by atoms with Gasteiger partial charge in [-0.3, -0.25) is 4.79 Å². The van der Waals surface area contributed by atoms with Crippen LogP contribution in [0.2, 0.25) is 0 Å². The SMILES string of the molecule is CCCCCC(C)NC(=O)C(Cl)(Cl)Cl. The maximum Gasteiger partial charge on any atom is 0.272 e. The normalized spacial score (nSPS) is 13.8. The van der Waals surface area contributed by atoms with Gasteiger partial charge >= 0.3 is 0 Å². The predicted molar refractivity (Wildman–Crippen MR) is 62.0 cm³/mol. The zero-order valence-electron chi connectivity index (χ0n) is 8.45. The number of carbonyl (C=O) groups excluding carboxylic acids is 1. The first-order valence-corrected chi connectivity index (χ1v) is 5.89. The van der Waals surface area contributed by atoms with Gasteiger partial charge in [-0.2, -0.15) is 0 Å². The average Bonchev–Trinajstić information content (AvgIpc) is 2.03. The number of amides is 1. The molecule has 14 heavy (non-hydrogen) atoms. The molecule has 0 saturated carbocycles. The van der Waals surface area contributed by atoms with E-state index in [0.717, 1.165) is 25.7 Å². The number of hydrogen-bond donors (Lipinski definition) is 1. The molecule has 0 heterocycles. The molecule has 0 aliphatic heterocycles. The van der Waals surface area contributed by atoms with Gasteiger partial charge < -0.3 is 5.32 Å². The zero-order chi connectivity index (χ0) is 11.2. The molecule has 1 unspecified atom stereocenters. The fraction of sp³-hybridized carbons (Fsp3) is 0.889. The Morgan fingerprint density at radius 3 is 2.36 bits per heavy atom. The molecule has 0 radical (unpaired) electrons. The van der Waals surface area contributed by atoms with Crippen LogP contribution in [0.25, 0.3) is 0 Å². The van der Waals surface area contributed by atoms with Crippen molar-refractivity contribution in [3.8, 4) is 0 Å². The van der Waals surface area contributed by atoms with E-state index < -0.39 is 9.70 Å². The Morgan fingerprint density at radius 2 is 1.93 bits per heavy atom. The van der Waals surface area contributed by atoms with Crippen molar-refractivity contribution in [2.75, 3.05) is 0 Å².